The van der Waals surface area contributed by atoms with Crippen LogP contribution in [0.25, 0.3) is 44.4 Å². The third kappa shape index (κ3) is 5.34. The molecule has 3 N–H and O–H groups in total. The standard InChI is InChI=1S/C38H36N6O/c45-36(22-25-8-2-1-3-9-25)44-21-7-13-35(44)38-41-23-33(42-38)27-16-14-26(15-17-27)28-18-19-31(30-11-5-4-10-29(28)30)34-24-40-37(43-34)32-12-6-20-39-32/h1-5,8-11,14-19,23-24,32,35,39H,6-7,12-13,20-22H2,(H,40,43)(H,41,42). The van der Waals surface area contributed by atoms with Gasteiger partial charge in [0.25, 0.3) is 0 Å². The molecule has 2 aliphatic rings. The Labute approximate surface area is 262 Å². The van der Waals surface area contributed by atoms with Crippen molar-refractivity contribution >= 4 is 16.7 Å². The summed E-state index contributed by atoms with van der Waals surface area (Å²) in [6, 6.07) is 32.0. The molecule has 2 aliphatic heterocycles. The first-order valence-electron chi connectivity index (χ1n) is 16.0. The van der Waals surface area contributed by atoms with Crippen molar-refractivity contribution in [2.24, 2.45) is 0 Å². The Morgan fingerprint density at radius 2 is 1.40 bits per heavy atom. The summed E-state index contributed by atoms with van der Waals surface area (Å²) in [5.41, 5.74) is 7.65. The summed E-state index contributed by atoms with van der Waals surface area (Å²) < 4.78 is 0. The average molecular weight is 593 g/mol. The summed E-state index contributed by atoms with van der Waals surface area (Å²) >= 11 is 0. The van der Waals surface area contributed by atoms with Crippen LogP contribution in [0.3, 0.4) is 0 Å². The van der Waals surface area contributed by atoms with Crippen molar-refractivity contribution in [3.8, 4) is 33.6 Å². The van der Waals surface area contributed by atoms with Crippen LogP contribution in [0.1, 0.15) is 55.0 Å². The molecule has 4 heterocycles. The molecule has 0 bridgehead atoms. The molecule has 1 amide bonds. The number of likely N-dealkylation sites (tertiary alicyclic amines) is 1. The van der Waals surface area contributed by atoms with Crippen LogP contribution >= 0.6 is 0 Å². The number of fused-ring (bicyclic) bond motifs is 1. The van der Waals surface area contributed by atoms with Crippen molar-refractivity contribution in [3.63, 3.8) is 0 Å². The van der Waals surface area contributed by atoms with E-state index < -0.39 is 0 Å². The van der Waals surface area contributed by atoms with E-state index in [1.165, 1.54) is 22.8 Å². The lowest BCUT2D eigenvalue weighted by atomic mass is 9.93. The van der Waals surface area contributed by atoms with Crippen molar-refractivity contribution in [3.05, 3.63) is 121 Å². The maximum Gasteiger partial charge on any atom is 0.227 e. The van der Waals surface area contributed by atoms with E-state index >= 15 is 0 Å². The van der Waals surface area contributed by atoms with E-state index in [0.29, 0.717) is 12.5 Å². The van der Waals surface area contributed by atoms with Gasteiger partial charge < -0.3 is 20.2 Å². The zero-order chi connectivity index (χ0) is 30.2. The monoisotopic (exact) mass is 592 g/mol. The van der Waals surface area contributed by atoms with Gasteiger partial charge in [0, 0.05) is 12.1 Å². The Morgan fingerprint density at radius 1 is 0.711 bits per heavy atom. The molecule has 2 saturated heterocycles. The quantitative estimate of drug-likeness (QED) is 0.178. The second-order valence-electron chi connectivity index (χ2n) is 12.2. The molecule has 2 atom stereocenters. The van der Waals surface area contributed by atoms with Gasteiger partial charge in [0.15, 0.2) is 0 Å². The van der Waals surface area contributed by atoms with Crippen LogP contribution in [0.2, 0.25) is 0 Å². The summed E-state index contributed by atoms with van der Waals surface area (Å²) in [6.07, 6.45) is 8.50. The molecule has 0 radical (unpaired) electrons. The van der Waals surface area contributed by atoms with Gasteiger partial charge in [-0.3, -0.25) is 4.79 Å². The number of nitrogens with zero attached hydrogens (tertiary/aromatic N) is 3. The van der Waals surface area contributed by atoms with Crippen molar-refractivity contribution in [2.75, 3.05) is 13.1 Å². The normalized spacial score (nSPS) is 18.2. The third-order valence-corrected chi connectivity index (χ3v) is 9.39. The molecule has 6 aromatic rings. The molecule has 2 fully saturated rings. The number of benzene rings is 4. The van der Waals surface area contributed by atoms with Crippen LogP contribution < -0.4 is 5.32 Å². The van der Waals surface area contributed by atoms with Crippen molar-refractivity contribution < 1.29 is 4.79 Å². The molecule has 8 rings (SSSR count). The smallest absolute Gasteiger partial charge is 0.227 e. The van der Waals surface area contributed by atoms with Crippen molar-refractivity contribution in [1.29, 1.82) is 0 Å². The molecule has 224 valence electrons. The highest BCUT2D eigenvalue weighted by Gasteiger charge is 2.32. The lowest BCUT2D eigenvalue weighted by Crippen LogP contribution is -2.32. The van der Waals surface area contributed by atoms with E-state index in [4.69, 9.17) is 9.97 Å². The van der Waals surface area contributed by atoms with Gasteiger partial charge in [0.1, 0.15) is 11.6 Å². The van der Waals surface area contributed by atoms with Crippen LogP contribution in [0.4, 0.5) is 0 Å². The summed E-state index contributed by atoms with van der Waals surface area (Å²) in [4.78, 5) is 31.7. The first-order chi connectivity index (χ1) is 22.2. The molecular weight excluding hydrogens is 556 g/mol. The largest absolute Gasteiger partial charge is 0.341 e. The fraction of sp³-hybridized carbons (Fsp3) is 0.237. The van der Waals surface area contributed by atoms with Gasteiger partial charge in [-0.2, -0.15) is 0 Å². The Hall–Kier alpha value is -5.01. The summed E-state index contributed by atoms with van der Waals surface area (Å²) in [5, 5.41) is 5.95. The molecule has 4 aromatic carbocycles. The average Bonchev–Trinajstić information content (AvgIpc) is 3.91. The second-order valence-corrected chi connectivity index (χ2v) is 12.2. The Bertz CT molecular complexity index is 1950. The van der Waals surface area contributed by atoms with Gasteiger partial charge in [-0.15, -0.1) is 0 Å². The zero-order valence-corrected chi connectivity index (χ0v) is 25.2. The molecule has 7 nitrogen and oxygen atoms in total. The molecule has 0 saturated carbocycles. The number of carbonyl (C=O) groups is 1. The number of rotatable bonds is 7. The third-order valence-electron chi connectivity index (χ3n) is 9.39. The predicted molar refractivity (Wildman–Crippen MR) is 178 cm³/mol. The number of H-pyrrole nitrogens is 2. The van der Waals surface area contributed by atoms with Crippen LogP contribution in [0.15, 0.2) is 103 Å². The Kier molecular flexibility index (Phi) is 7.23. The van der Waals surface area contributed by atoms with Crippen LogP contribution in [0.5, 0.6) is 0 Å². The number of aromatic nitrogens is 4. The topological polar surface area (TPSA) is 89.7 Å². The van der Waals surface area contributed by atoms with E-state index in [9.17, 15) is 4.79 Å². The molecule has 0 aliphatic carbocycles. The van der Waals surface area contributed by atoms with E-state index in [1.54, 1.807) is 0 Å². The van der Waals surface area contributed by atoms with Crippen molar-refractivity contribution in [1.82, 2.24) is 30.2 Å². The molecule has 7 heteroatoms. The fourth-order valence-electron chi connectivity index (χ4n) is 7.06. The van der Waals surface area contributed by atoms with E-state index in [2.05, 4.69) is 75.9 Å². The number of carbonyl (C=O) groups excluding carboxylic acids is 1. The first-order valence-corrected chi connectivity index (χ1v) is 16.0. The number of nitrogens with one attached hydrogen (secondary N) is 3. The van der Waals surface area contributed by atoms with E-state index in [1.807, 2.05) is 47.6 Å². The SMILES string of the molecule is O=C(Cc1ccccc1)N1CCCC1c1ncc(-c2ccc(-c3ccc(-c4cnc(C5CCCN5)[nH]4)c4ccccc34)cc2)[nH]1. The highest BCUT2D eigenvalue weighted by molar-refractivity contribution is 6.04. The van der Waals surface area contributed by atoms with Gasteiger partial charge in [-0.1, -0.05) is 91.0 Å². The number of hydrogen-bond donors (Lipinski definition) is 3. The number of imidazole rings is 2. The summed E-state index contributed by atoms with van der Waals surface area (Å²) in [7, 11) is 0. The van der Waals surface area contributed by atoms with Crippen LogP contribution in [-0.2, 0) is 11.2 Å². The summed E-state index contributed by atoms with van der Waals surface area (Å²) in [5.74, 6) is 2.04. The summed E-state index contributed by atoms with van der Waals surface area (Å²) in [6.45, 7) is 1.82. The van der Waals surface area contributed by atoms with Gasteiger partial charge in [0.05, 0.1) is 42.3 Å². The number of aromatic amines is 2. The highest BCUT2D eigenvalue weighted by atomic mass is 16.2. The Morgan fingerprint density at radius 3 is 2.20 bits per heavy atom. The van der Waals surface area contributed by atoms with E-state index in [-0.39, 0.29) is 11.9 Å². The van der Waals surface area contributed by atoms with Gasteiger partial charge in [-0.25, -0.2) is 9.97 Å². The molecule has 45 heavy (non-hydrogen) atoms. The zero-order valence-electron chi connectivity index (χ0n) is 25.2. The second kappa shape index (κ2) is 11.8. The van der Waals surface area contributed by atoms with Crippen LogP contribution in [0, 0.1) is 0 Å². The molecule has 0 spiro atoms. The molecule has 2 unspecified atom stereocenters. The lowest BCUT2D eigenvalue weighted by Gasteiger charge is -2.23. The van der Waals surface area contributed by atoms with E-state index in [0.717, 1.165) is 77.6 Å². The minimum absolute atomic E-state index is 0.0144. The molecular formula is C38H36N6O. The number of amides is 1. The van der Waals surface area contributed by atoms with Gasteiger partial charge in [-0.05, 0) is 65.3 Å². The highest BCUT2D eigenvalue weighted by Crippen LogP contribution is 2.37. The molecule has 2 aromatic heterocycles. The predicted octanol–water partition coefficient (Wildman–Crippen LogP) is 7.62. The maximum absolute atomic E-state index is 13.2. The first kappa shape index (κ1) is 27.5. The minimum Gasteiger partial charge on any atom is -0.341 e. The number of hydrogen-bond acceptors (Lipinski definition) is 4. The van der Waals surface area contributed by atoms with Crippen molar-refractivity contribution in [2.45, 2.75) is 44.2 Å². The Balaban J connectivity index is 1.03. The fourth-order valence-corrected chi connectivity index (χ4v) is 7.06. The minimum atomic E-state index is -0.0144. The maximum atomic E-state index is 13.2. The van der Waals surface area contributed by atoms with Gasteiger partial charge >= 0.3 is 0 Å². The lowest BCUT2D eigenvalue weighted by molar-refractivity contribution is -0.131. The van der Waals surface area contributed by atoms with Gasteiger partial charge in [0.2, 0.25) is 5.91 Å². The van der Waals surface area contributed by atoms with Crippen LogP contribution in [-0.4, -0.2) is 43.8 Å².